The largest absolute Gasteiger partial charge is 0.480 e. The van der Waals surface area contributed by atoms with Gasteiger partial charge in [0, 0.05) is 19.3 Å². The number of carboxylic acids is 1. The number of hydrogen-bond acceptors (Lipinski definition) is 4. The van der Waals surface area contributed by atoms with Crippen LogP contribution in [0.15, 0.2) is 23.0 Å². The monoisotopic (exact) mass is 323 g/mol. The molecule has 2 rings (SSSR count). The fraction of sp³-hybridized carbons (Fsp3) is 0.583. The van der Waals surface area contributed by atoms with Gasteiger partial charge in [-0.2, -0.15) is 0 Å². The Morgan fingerprint density at radius 1 is 1.52 bits per heavy atom. The fourth-order valence-electron chi connectivity index (χ4n) is 2.30. The molecule has 1 fully saturated rings. The minimum Gasteiger partial charge on any atom is -0.480 e. The highest BCUT2D eigenvalue weighted by atomic mass is 32.2. The Morgan fingerprint density at radius 3 is 2.67 bits per heavy atom. The number of carbonyl (C=O) groups is 1. The zero-order valence-corrected chi connectivity index (χ0v) is 11.8. The molecule has 0 saturated heterocycles. The molecule has 1 unspecified atom stereocenters. The van der Waals surface area contributed by atoms with Crippen molar-refractivity contribution in [3.8, 4) is 0 Å². The van der Waals surface area contributed by atoms with Crippen LogP contribution in [0, 0.1) is 5.92 Å². The standard InChI is InChI=1S/C12H15F2NO5S/c13-12(14)4-9(5-12)7-21(18,19)15-10(11(16)17)3-8-1-2-20-6-8/h1-2,6,9-10,15H,3-5,7H2,(H,16,17). The van der Waals surface area contributed by atoms with Crippen LogP contribution in [0.4, 0.5) is 8.78 Å². The molecule has 0 amide bonds. The molecule has 0 aliphatic heterocycles. The first-order valence-corrected chi connectivity index (χ1v) is 7.94. The van der Waals surface area contributed by atoms with Gasteiger partial charge >= 0.3 is 5.97 Å². The lowest BCUT2D eigenvalue weighted by atomic mass is 9.83. The minimum atomic E-state index is -3.93. The summed E-state index contributed by atoms with van der Waals surface area (Å²) < 4.78 is 55.9. The number of carboxylic acid groups (broad SMARTS) is 1. The number of hydrogen-bond donors (Lipinski definition) is 2. The lowest BCUT2D eigenvalue weighted by Gasteiger charge is -2.34. The number of alkyl halides is 2. The van der Waals surface area contributed by atoms with E-state index in [9.17, 15) is 22.0 Å². The molecule has 6 nitrogen and oxygen atoms in total. The van der Waals surface area contributed by atoms with E-state index in [-0.39, 0.29) is 6.42 Å². The van der Waals surface area contributed by atoms with Gasteiger partial charge in [-0.05, 0) is 17.5 Å². The van der Waals surface area contributed by atoms with E-state index in [4.69, 9.17) is 9.52 Å². The van der Waals surface area contributed by atoms with Crippen LogP contribution in [0.5, 0.6) is 0 Å². The van der Waals surface area contributed by atoms with Gasteiger partial charge in [0.2, 0.25) is 15.9 Å². The molecule has 21 heavy (non-hydrogen) atoms. The first-order valence-electron chi connectivity index (χ1n) is 6.28. The lowest BCUT2D eigenvalue weighted by Crippen LogP contribution is -2.47. The van der Waals surface area contributed by atoms with Crippen LogP contribution in [0.1, 0.15) is 18.4 Å². The van der Waals surface area contributed by atoms with E-state index >= 15 is 0 Å². The third kappa shape index (κ3) is 4.50. The molecule has 118 valence electrons. The number of halogens is 2. The Labute approximate surface area is 120 Å². The molecule has 0 bridgehead atoms. The van der Waals surface area contributed by atoms with Crippen molar-refractivity contribution < 1.29 is 31.5 Å². The van der Waals surface area contributed by atoms with E-state index < -0.39 is 52.5 Å². The van der Waals surface area contributed by atoms with Crippen molar-refractivity contribution >= 4 is 16.0 Å². The molecule has 1 aliphatic rings. The Hall–Kier alpha value is -1.48. The van der Waals surface area contributed by atoms with Crippen molar-refractivity contribution in [3.63, 3.8) is 0 Å². The number of aliphatic carboxylic acids is 1. The maximum Gasteiger partial charge on any atom is 0.322 e. The van der Waals surface area contributed by atoms with Crippen molar-refractivity contribution in [2.24, 2.45) is 5.92 Å². The smallest absolute Gasteiger partial charge is 0.322 e. The number of nitrogens with one attached hydrogen (secondary N) is 1. The summed E-state index contributed by atoms with van der Waals surface area (Å²) in [5, 5.41) is 9.05. The predicted molar refractivity (Wildman–Crippen MR) is 68.4 cm³/mol. The first kappa shape index (κ1) is 15.9. The van der Waals surface area contributed by atoms with Crippen molar-refractivity contribution in [2.45, 2.75) is 31.2 Å². The van der Waals surface area contributed by atoms with Crippen molar-refractivity contribution in [2.75, 3.05) is 5.75 Å². The molecule has 0 aromatic carbocycles. The SMILES string of the molecule is O=C(O)C(Cc1ccoc1)NS(=O)(=O)CC1CC(F)(F)C1. The van der Waals surface area contributed by atoms with Gasteiger partial charge < -0.3 is 9.52 Å². The molecule has 9 heteroatoms. The van der Waals surface area contributed by atoms with Crippen LogP contribution in [0.3, 0.4) is 0 Å². The topological polar surface area (TPSA) is 96.6 Å². The lowest BCUT2D eigenvalue weighted by molar-refractivity contribution is -0.139. The van der Waals surface area contributed by atoms with Gasteiger partial charge in [0.15, 0.2) is 0 Å². The fourth-order valence-corrected chi connectivity index (χ4v) is 3.87. The van der Waals surface area contributed by atoms with Crippen molar-refractivity contribution in [1.29, 1.82) is 0 Å². The molecule has 1 aliphatic carbocycles. The highest BCUT2D eigenvalue weighted by molar-refractivity contribution is 7.89. The molecule has 0 spiro atoms. The molecule has 1 aromatic heterocycles. The summed E-state index contributed by atoms with van der Waals surface area (Å²) in [7, 11) is -3.93. The zero-order valence-electron chi connectivity index (χ0n) is 11.0. The van der Waals surface area contributed by atoms with E-state index in [0.717, 1.165) is 0 Å². The summed E-state index contributed by atoms with van der Waals surface area (Å²) in [6.07, 6.45) is 1.63. The van der Waals surface area contributed by atoms with Crippen LogP contribution in [-0.2, 0) is 21.2 Å². The maximum atomic E-state index is 12.7. The van der Waals surface area contributed by atoms with Crippen LogP contribution in [-0.4, -0.2) is 37.2 Å². The highest BCUT2D eigenvalue weighted by Crippen LogP contribution is 2.42. The van der Waals surface area contributed by atoms with Crippen molar-refractivity contribution in [1.82, 2.24) is 4.72 Å². The van der Waals surface area contributed by atoms with Crippen LogP contribution >= 0.6 is 0 Å². The van der Waals surface area contributed by atoms with Gasteiger partial charge in [0.1, 0.15) is 6.04 Å². The number of furan rings is 1. The normalized spacial score (nSPS) is 19.9. The Balaban J connectivity index is 1.94. The average Bonchev–Trinajstić information content (AvgIpc) is 2.77. The van der Waals surface area contributed by atoms with Gasteiger partial charge in [0.05, 0.1) is 18.3 Å². The molecule has 1 aromatic rings. The third-order valence-corrected chi connectivity index (χ3v) is 4.82. The molecule has 1 atom stereocenters. The highest BCUT2D eigenvalue weighted by Gasteiger charge is 2.47. The molecular weight excluding hydrogens is 308 g/mol. The molecule has 0 radical (unpaired) electrons. The minimum absolute atomic E-state index is 0.0775. The quantitative estimate of drug-likeness (QED) is 0.787. The van der Waals surface area contributed by atoms with E-state index in [1.54, 1.807) is 0 Å². The predicted octanol–water partition coefficient (Wildman–Crippen LogP) is 1.24. The van der Waals surface area contributed by atoms with Crippen LogP contribution in [0.2, 0.25) is 0 Å². The summed E-state index contributed by atoms with van der Waals surface area (Å²) in [5.74, 6) is -5.26. The van der Waals surface area contributed by atoms with Crippen LogP contribution < -0.4 is 4.72 Å². The van der Waals surface area contributed by atoms with Gasteiger partial charge in [-0.25, -0.2) is 21.9 Å². The van der Waals surface area contributed by atoms with Gasteiger partial charge in [-0.1, -0.05) is 0 Å². The number of rotatable bonds is 7. The number of sulfonamides is 1. The Morgan fingerprint density at radius 2 is 2.19 bits per heavy atom. The Bertz CT molecular complexity index is 591. The summed E-state index contributed by atoms with van der Waals surface area (Å²) >= 11 is 0. The van der Waals surface area contributed by atoms with Gasteiger partial charge in [-0.3, -0.25) is 4.79 Å². The molecule has 1 saturated carbocycles. The van der Waals surface area contributed by atoms with E-state index in [0.29, 0.717) is 5.56 Å². The second-order valence-corrected chi connectivity index (χ2v) is 7.05. The van der Waals surface area contributed by atoms with E-state index in [1.165, 1.54) is 18.6 Å². The first-order chi connectivity index (χ1) is 9.67. The maximum absolute atomic E-state index is 12.7. The van der Waals surface area contributed by atoms with Gasteiger partial charge in [0.25, 0.3) is 0 Å². The van der Waals surface area contributed by atoms with Crippen molar-refractivity contribution in [3.05, 3.63) is 24.2 Å². The third-order valence-electron chi connectivity index (χ3n) is 3.27. The second-order valence-electron chi connectivity index (χ2n) is 5.26. The summed E-state index contributed by atoms with van der Waals surface area (Å²) in [6, 6.07) is 0.171. The Kier molecular flexibility index (Phi) is 4.33. The zero-order chi connectivity index (χ0) is 15.7. The molecular formula is C12H15F2NO5S. The summed E-state index contributed by atoms with van der Waals surface area (Å²) in [4.78, 5) is 11.1. The van der Waals surface area contributed by atoms with Crippen LogP contribution in [0.25, 0.3) is 0 Å². The second kappa shape index (κ2) is 5.72. The molecule has 1 heterocycles. The van der Waals surface area contributed by atoms with E-state index in [1.807, 2.05) is 4.72 Å². The average molecular weight is 323 g/mol. The summed E-state index contributed by atoms with van der Waals surface area (Å²) in [5.41, 5.74) is 0.528. The summed E-state index contributed by atoms with van der Waals surface area (Å²) in [6.45, 7) is 0. The van der Waals surface area contributed by atoms with Gasteiger partial charge in [-0.15, -0.1) is 0 Å². The van der Waals surface area contributed by atoms with E-state index in [2.05, 4.69) is 0 Å². The molecule has 2 N–H and O–H groups in total.